The van der Waals surface area contributed by atoms with Crippen molar-refractivity contribution < 1.29 is 31.4 Å². The highest BCUT2D eigenvalue weighted by Crippen LogP contribution is 2.43. The number of hydrogen-bond acceptors (Lipinski definition) is 1. The van der Waals surface area contributed by atoms with Crippen LogP contribution in [0, 0.1) is 0 Å². The molecule has 0 fully saturated rings. The quantitative estimate of drug-likeness (QED) is 0.683. The maximum Gasteiger partial charge on any atom is 0.420 e. The lowest BCUT2D eigenvalue weighted by Crippen LogP contribution is -2.55. The summed E-state index contributed by atoms with van der Waals surface area (Å²) in [7, 11) is 0. The van der Waals surface area contributed by atoms with Crippen molar-refractivity contribution >= 4 is 0 Å². The zero-order valence-electron chi connectivity index (χ0n) is 5.92. The molecule has 1 atom stereocenters. The maximum absolute atomic E-state index is 12.3. The fourth-order valence-electron chi connectivity index (χ4n) is 0.397. The van der Waals surface area contributed by atoms with E-state index in [1.165, 1.54) is 0 Å². The van der Waals surface area contributed by atoms with Crippen molar-refractivity contribution in [3.8, 4) is 0 Å². The van der Waals surface area contributed by atoms with Crippen molar-refractivity contribution in [3.63, 3.8) is 0 Å². The second kappa shape index (κ2) is 2.79. The molecular formula is C5H6F6O. The Morgan fingerprint density at radius 3 is 1.50 bits per heavy atom. The standard InChI is InChI=1S/C5H6F6O/c1-3(7,2-6)4(8,9)5(10,11)12/h12H,2H2,1H3. The van der Waals surface area contributed by atoms with Crippen LogP contribution in [0.3, 0.4) is 0 Å². The summed E-state index contributed by atoms with van der Waals surface area (Å²) in [5.74, 6) is -5.44. The molecular weight excluding hydrogens is 190 g/mol. The molecule has 12 heavy (non-hydrogen) atoms. The average Bonchev–Trinajstić information content (AvgIpc) is 1.85. The summed E-state index contributed by atoms with van der Waals surface area (Å²) < 4.78 is 71.2. The molecule has 0 saturated heterocycles. The van der Waals surface area contributed by atoms with Crippen LogP contribution in [-0.4, -0.2) is 29.5 Å². The van der Waals surface area contributed by atoms with Gasteiger partial charge in [-0.05, 0) is 6.92 Å². The molecule has 0 bridgehead atoms. The van der Waals surface area contributed by atoms with Gasteiger partial charge in [-0.15, -0.1) is 0 Å². The Morgan fingerprint density at radius 2 is 1.42 bits per heavy atom. The third-order valence-electron chi connectivity index (χ3n) is 1.28. The van der Waals surface area contributed by atoms with Crippen LogP contribution in [0.5, 0.6) is 0 Å². The number of rotatable bonds is 3. The highest BCUT2D eigenvalue weighted by Gasteiger charge is 2.68. The van der Waals surface area contributed by atoms with Crippen molar-refractivity contribution in [2.24, 2.45) is 0 Å². The summed E-state index contributed by atoms with van der Waals surface area (Å²) in [6, 6.07) is 0. The van der Waals surface area contributed by atoms with Gasteiger partial charge >= 0.3 is 12.0 Å². The van der Waals surface area contributed by atoms with Crippen LogP contribution >= 0.6 is 0 Å². The molecule has 0 aliphatic carbocycles. The van der Waals surface area contributed by atoms with Gasteiger partial charge in [-0.25, -0.2) is 8.78 Å². The topological polar surface area (TPSA) is 20.2 Å². The van der Waals surface area contributed by atoms with Gasteiger partial charge in [0.2, 0.25) is 5.67 Å². The Balaban J connectivity index is 4.85. The Hall–Kier alpha value is -0.460. The Morgan fingerprint density at radius 1 is 1.08 bits per heavy atom. The second-order valence-electron chi connectivity index (χ2n) is 2.45. The summed E-state index contributed by atoms with van der Waals surface area (Å²) in [4.78, 5) is 0. The number of aliphatic hydroxyl groups is 1. The first-order valence-corrected chi connectivity index (χ1v) is 2.79. The Kier molecular flexibility index (Phi) is 2.68. The predicted molar refractivity (Wildman–Crippen MR) is 27.6 cm³/mol. The average molecular weight is 196 g/mol. The number of hydrogen-bond donors (Lipinski definition) is 1. The minimum Gasteiger partial charge on any atom is -0.331 e. The molecule has 1 nitrogen and oxygen atoms in total. The Bertz CT molecular complexity index is 160. The molecule has 0 aromatic carbocycles. The fraction of sp³-hybridized carbons (Fsp3) is 1.00. The highest BCUT2D eigenvalue weighted by atomic mass is 19.3. The molecule has 0 aliphatic heterocycles. The molecule has 74 valence electrons. The molecule has 0 heterocycles. The van der Waals surface area contributed by atoms with Gasteiger partial charge in [0, 0.05) is 0 Å². The first kappa shape index (κ1) is 11.5. The molecule has 0 saturated carbocycles. The maximum atomic E-state index is 12.3. The molecule has 0 radical (unpaired) electrons. The van der Waals surface area contributed by atoms with Crippen LogP contribution in [0.2, 0.25) is 0 Å². The van der Waals surface area contributed by atoms with E-state index in [1.807, 2.05) is 0 Å². The van der Waals surface area contributed by atoms with Gasteiger partial charge in [-0.3, -0.25) is 0 Å². The normalized spacial score (nSPS) is 19.0. The van der Waals surface area contributed by atoms with Crippen LogP contribution in [0.1, 0.15) is 6.92 Å². The van der Waals surface area contributed by atoms with E-state index < -0.39 is 24.4 Å². The van der Waals surface area contributed by atoms with E-state index in [-0.39, 0.29) is 6.92 Å². The SMILES string of the molecule is CC(F)(CF)C(F)(F)C(O)(F)F. The molecule has 0 aliphatic rings. The minimum atomic E-state index is -5.57. The van der Waals surface area contributed by atoms with Gasteiger partial charge in [-0.2, -0.15) is 17.6 Å². The Labute approximate surface area is 64.0 Å². The molecule has 0 aromatic rings. The van der Waals surface area contributed by atoms with Gasteiger partial charge in [-0.1, -0.05) is 0 Å². The monoisotopic (exact) mass is 196 g/mol. The van der Waals surface area contributed by atoms with Gasteiger partial charge in [0.25, 0.3) is 0 Å². The van der Waals surface area contributed by atoms with Gasteiger partial charge < -0.3 is 5.11 Å². The van der Waals surface area contributed by atoms with E-state index in [4.69, 9.17) is 5.11 Å². The molecule has 0 spiro atoms. The third-order valence-corrected chi connectivity index (χ3v) is 1.28. The van der Waals surface area contributed by atoms with Gasteiger partial charge in [0.1, 0.15) is 6.67 Å². The summed E-state index contributed by atoms with van der Waals surface area (Å²) in [5, 5.41) is 7.52. The van der Waals surface area contributed by atoms with Gasteiger partial charge in [0.15, 0.2) is 0 Å². The van der Waals surface area contributed by atoms with E-state index >= 15 is 0 Å². The summed E-state index contributed by atoms with van der Waals surface area (Å²) in [6.45, 7) is -2.37. The lowest BCUT2D eigenvalue weighted by molar-refractivity contribution is -0.360. The number of alkyl halides is 6. The predicted octanol–water partition coefficient (Wildman–Crippen LogP) is 1.90. The smallest absolute Gasteiger partial charge is 0.331 e. The zero-order valence-corrected chi connectivity index (χ0v) is 5.92. The van der Waals surface area contributed by atoms with Crippen LogP contribution in [0.25, 0.3) is 0 Å². The molecule has 0 aromatic heterocycles. The van der Waals surface area contributed by atoms with Crippen molar-refractivity contribution in [3.05, 3.63) is 0 Å². The lowest BCUT2D eigenvalue weighted by Gasteiger charge is -2.30. The fourth-order valence-corrected chi connectivity index (χ4v) is 0.397. The van der Waals surface area contributed by atoms with E-state index in [9.17, 15) is 26.3 Å². The van der Waals surface area contributed by atoms with Crippen molar-refractivity contribution in [1.29, 1.82) is 0 Å². The molecule has 1 unspecified atom stereocenters. The third kappa shape index (κ3) is 1.65. The summed E-state index contributed by atoms with van der Waals surface area (Å²) >= 11 is 0. The van der Waals surface area contributed by atoms with Crippen molar-refractivity contribution in [1.82, 2.24) is 0 Å². The first-order chi connectivity index (χ1) is 5.06. The van der Waals surface area contributed by atoms with Crippen molar-refractivity contribution in [2.45, 2.75) is 24.6 Å². The molecule has 7 heteroatoms. The van der Waals surface area contributed by atoms with E-state index in [0.29, 0.717) is 0 Å². The number of halogens is 6. The molecule has 1 N–H and O–H groups in total. The van der Waals surface area contributed by atoms with E-state index in [2.05, 4.69) is 0 Å². The van der Waals surface area contributed by atoms with Crippen LogP contribution in [0.15, 0.2) is 0 Å². The van der Waals surface area contributed by atoms with E-state index in [0.717, 1.165) is 0 Å². The first-order valence-electron chi connectivity index (χ1n) is 2.79. The summed E-state index contributed by atoms with van der Waals surface area (Å²) in [6.07, 6.45) is -5.57. The van der Waals surface area contributed by atoms with Crippen LogP contribution in [-0.2, 0) is 0 Å². The summed E-state index contributed by atoms with van der Waals surface area (Å²) in [5.41, 5.74) is -4.08. The molecule has 0 rings (SSSR count). The lowest BCUT2D eigenvalue weighted by atomic mass is 10.0. The second-order valence-corrected chi connectivity index (χ2v) is 2.45. The van der Waals surface area contributed by atoms with Crippen molar-refractivity contribution in [2.75, 3.05) is 6.67 Å². The largest absolute Gasteiger partial charge is 0.420 e. The zero-order chi connectivity index (χ0) is 10.2. The van der Waals surface area contributed by atoms with Crippen LogP contribution in [0.4, 0.5) is 26.3 Å². The minimum absolute atomic E-state index is 0.0584. The molecule has 0 amide bonds. The van der Waals surface area contributed by atoms with Crippen LogP contribution < -0.4 is 0 Å². The van der Waals surface area contributed by atoms with E-state index in [1.54, 1.807) is 0 Å². The van der Waals surface area contributed by atoms with Gasteiger partial charge in [0.05, 0.1) is 0 Å². The highest BCUT2D eigenvalue weighted by molar-refractivity contribution is 4.94.